The number of allylic oxidation sites excluding steroid dienone is 1. The van der Waals surface area contributed by atoms with E-state index in [2.05, 4.69) is 29.5 Å². The highest BCUT2D eigenvalue weighted by Gasteiger charge is 2.33. The molecule has 194 valence electrons. The number of aromatic nitrogens is 2. The summed E-state index contributed by atoms with van der Waals surface area (Å²) in [5.74, 6) is -0.443. The standard InChI is InChI=1S/C29H33N3O4S/c1-6-35-28(34)25-19(4)30-29-32(26(25)21-11-9-17(2)10-12-21)27(33)24(37-29)15-22-14-18(3)31(20(22)5)16-23-8-7-13-36-23/h9-12,14-15,23,26H,6-8,13,16H2,1-5H3/b24-15-/t23-,26-/m1/s1. The zero-order valence-corrected chi connectivity index (χ0v) is 22.9. The van der Waals surface area contributed by atoms with Gasteiger partial charge in [0, 0.05) is 24.5 Å². The van der Waals surface area contributed by atoms with E-state index in [1.54, 1.807) is 11.5 Å². The first-order chi connectivity index (χ1) is 17.8. The van der Waals surface area contributed by atoms with Gasteiger partial charge in [-0.1, -0.05) is 41.2 Å². The molecule has 0 amide bonds. The number of esters is 1. The molecule has 8 heteroatoms. The lowest BCUT2D eigenvalue weighted by atomic mass is 9.95. The molecule has 1 fully saturated rings. The molecule has 0 unspecified atom stereocenters. The molecular weight excluding hydrogens is 486 g/mol. The maximum Gasteiger partial charge on any atom is 0.338 e. The van der Waals surface area contributed by atoms with Crippen LogP contribution in [0.4, 0.5) is 0 Å². The molecule has 2 atom stereocenters. The van der Waals surface area contributed by atoms with Crippen molar-refractivity contribution in [2.75, 3.05) is 13.2 Å². The summed E-state index contributed by atoms with van der Waals surface area (Å²) in [6.45, 7) is 11.7. The van der Waals surface area contributed by atoms with Gasteiger partial charge in [-0.15, -0.1) is 0 Å². The Morgan fingerprint density at radius 2 is 1.97 bits per heavy atom. The van der Waals surface area contributed by atoms with E-state index in [0.717, 1.165) is 54.1 Å². The molecule has 2 aromatic heterocycles. The van der Waals surface area contributed by atoms with Gasteiger partial charge in [-0.2, -0.15) is 0 Å². The van der Waals surface area contributed by atoms with Crippen LogP contribution in [0.15, 0.2) is 51.4 Å². The zero-order valence-electron chi connectivity index (χ0n) is 22.0. The van der Waals surface area contributed by atoms with Gasteiger partial charge in [0.15, 0.2) is 4.80 Å². The van der Waals surface area contributed by atoms with E-state index in [-0.39, 0.29) is 18.3 Å². The fourth-order valence-electron chi connectivity index (χ4n) is 5.24. The van der Waals surface area contributed by atoms with Crippen LogP contribution in [0.5, 0.6) is 0 Å². The minimum absolute atomic E-state index is 0.160. The van der Waals surface area contributed by atoms with E-state index in [4.69, 9.17) is 9.47 Å². The van der Waals surface area contributed by atoms with Crippen molar-refractivity contribution in [1.82, 2.24) is 9.13 Å². The number of fused-ring (bicyclic) bond motifs is 1. The van der Waals surface area contributed by atoms with Gasteiger partial charge in [-0.25, -0.2) is 9.79 Å². The minimum Gasteiger partial charge on any atom is -0.463 e. The third-order valence-electron chi connectivity index (χ3n) is 7.22. The van der Waals surface area contributed by atoms with E-state index >= 15 is 0 Å². The van der Waals surface area contributed by atoms with E-state index in [0.29, 0.717) is 20.6 Å². The number of hydrogen-bond donors (Lipinski definition) is 0. The van der Waals surface area contributed by atoms with Crippen molar-refractivity contribution >= 4 is 23.4 Å². The van der Waals surface area contributed by atoms with Crippen LogP contribution < -0.4 is 14.9 Å². The normalized spacial score (nSPS) is 19.8. The molecule has 37 heavy (non-hydrogen) atoms. The lowest BCUT2D eigenvalue weighted by Gasteiger charge is -2.24. The first-order valence-corrected chi connectivity index (χ1v) is 13.6. The summed E-state index contributed by atoms with van der Waals surface area (Å²) in [5.41, 5.74) is 6.04. The third kappa shape index (κ3) is 4.76. The second-order valence-corrected chi connectivity index (χ2v) is 10.8. The molecule has 4 heterocycles. The van der Waals surface area contributed by atoms with Crippen molar-refractivity contribution in [3.8, 4) is 0 Å². The lowest BCUT2D eigenvalue weighted by molar-refractivity contribution is -0.139. The van der Waals surface area contributed by atoms with E-state index in [1.165, 1.54) is 11.3 Å². The van der Waals surface area contributed by atoms with Crippen LogP contribution in [-0.2, 0) is 20.8 Å². The molecule has 2 aliphatic heterocycles. The number of nitrogens with zero attached hydrogens (tertiary/aromatic N) is 3. The van der Waals surface area contributed by atoms with Crippen molar-refractivity contribution in [2.24, 2.45) is 4.99 Å². The predicted molar refractivity (Wildman–Crippen MR) is 144 cm³/mol. The summed E-state index contributed by atoms with van der Waals surface area (Å²) in [5, 5.41) is 0. The SMILES string of the molecule is CCOC(=O)C1=C(C)N=c2s/c(=C\c3cc(C)n(C[C@H]4CCCO4)c3C)c(=O)n2[C@@H]1c1ccc(C)cc1. The van der Waals surface area contributed by atoms with Crippen molar-refractivity contribution in [3.63, 3.8) is 0 Å². The number of aryl methyl sites for hydroxylation is 2. The first kappa shape index (κ1) is 25.4. The number of carbonyl (C=O) groups excluding carboxylic acids is 1. The van der Waals surface area contributed by atoms with Gasteiger partial charge in [-0.05, 0) is 70.7 Å². The molecular formula is C29H33N3O4S. The van der Waals surface area contributed by atoms with E-state index in [9.17, 15) is 9.59 Å². The second kappa shape index (κ2) is 10.3. The van der Waals surface area contributed by atoms with Crippen molar-refractivity contribution in [3.05, 3.63) is 89.4 Å². The van der Waals surface area contributed by atoms with Crippen LogP contribution in [0.2, 0.25) is 0 Å². The van der Waals surface area contributed by atoms with Gasteiger partial charge in [0.25, 0.3) is 5.56 Å². The molecule has 0 aliphatic carbocycles. The Hall–Kier alpha value is -3.23. The van der Waals surface area contributed by atoms with E-state index < -0.39 is 12.0 Å². The van der Waals surface area contributed by atoms with Gasteiger partial charge < -0.3 is 14.0 Å². The molecule has 0 spiro atoms. The minimum atomic E-state index is -0.593. The van der Waals surface area contributed by atoms with Crippen molar-refractivity contribution in [1.29, 1.82) is 0 Å². The number of carbonyl (C=O) groups is 1. The van der Waals surface area contributed by atoms with Gasteiger partial charge in [0.1, 0.15) is 0 Å². The van der Waals surface area contributed by atoms with Crippen LogP contribution in [0, 0.1) is 20.8 Å². The van der Waals surface area contributed by atoms with Crippen LogP contribution in [0.3, 0.4) is 0 Å². The maximum absolute atomic E-state index is 13.9. The Morgan fingerprint density at radius 3 is 2.65 bits per heavy atom. The first-order valence-electron chi connectivity index (χ1n) is 12.8. The Balaban J connectivity index is 1.63. The van der Waals surface area contributed by atoms with E-state index in [1.807, 2.05) is 44.2 Å². The van der Waals surface area contributed by atoms with Gasteiger partial charge in [-0.3, -0.25) is 9.36 Å². The van der Waals surface area contributed by atoms with Crippen molar-refractivity contribution < 1.29 is 14.3 Å². The second-order valence-electron chi connectivity index (χ2n) is 9.79. The average molecular weight is 520 g/mol. The number of benzene rings is 1. The molecule has 5 rings (SSSR count). The summed E-state index contributed by atoms with van der Waals surface area (Å²) in [6, 6.07) is 9.44. The predicted octanol–water partition coefficient (Wildman–Crippen LogP) is 3.70. The lowest BCUT2D eigenvalue weighted by Crippen LogP contribution is -2.39. The zero-order chi connectivity index (χ0) is 26.3. The van der Waals surface area contributed by atoms with Gasteiger partial charge >= 0.3 is 5.97 Å². The summed E-state index contributed by atoms with van der Waals surface area (Å²) in [6.07, 6.45) is 4.37. The molecule has 1 saturated heterocycles. The summed E-state index contributed by atoms with van der Waals surface area (Å²) in [4.78, 5) is 32.2. The Morgan fingerprint density at radius 1 is 1.22 bits per heavy atom. The molecule has 1 aromatic carbocycles. The Labute approximate surface area is 220 Å². The quantitative estimate of drug-likeness (QED) is 0.466. The number of hydrogen-bond acceptors (Lipinski definition) is 6. The molecule has 0 N–H and O–H groups in total. The monoisotopic (exact) mass is 519 g/mol. The summed E-state index contributed by atoms with van der Waals surface area (Å²) < 4.78 is 15.7. The molecule has 2 aliphatic rings. The third-order valence-corrected chi connectivity index (χ3v) is 8.20. The highest BCUT2D eigenvalue weighted by molar-refractivity contribution is 7.07. The molecule has 3 aromatic rings. The van der Waals surface area contributed by atoms with Crippen LogP contribution in [0.25, 0.3) is 6.08 Å². The number of thiazole rings is 1. The molecule has 0 saturated carbocycles. The van der Waals surface area contributed by atoms with Crippen LogP contribution in [0.1, 0.15) is 60.8 Å². The Kier molecular flexibility index (Phi) is 7.05. The fourth-order valence-corrected chi connectivity index (χ4v) is 6.28. The van der Waals surface area contributed by atoms with Crippen molar-refractivity contribution in [2.45, 2.75) is 66.2 Å². The summed E-state index contributed by atoms with van der Waals surface area (Å²) in [7, 11) is 0. The van der Waals surface area contributed by atoms with Crippen LogP contribution >= 0.6 is 11.3 Å². The largest absolute Gasteiger partial charge is 0.463 e. The van der Waals surface area contributed by atoms with Gasteiger partial charge in [0.2, 0.25) is 0 Å². The number of ether oxygens (including phenoxy) is 2. The topological polar surface area (TPSA) is 74.8 Å². The smallest absolute Gasteiger partial charge is 0.338 e. The molecule has 0 radical (unpaired) electrons. The summed E-state index contributed by atoms with van der Waals surface area (Å²) >= 11 is 1.35. The van der Waals surface area contributed by atoms with Gasteiger partial charge in [0.05, 0.1) is 34.6 Å². The fraction of sp³-hybridized carbons (Fsp3) is 0.414. The van der Waals surface area contributed by atoms with Crippen LogP contribution in [-0.4, -0.2) is 34.4 Å². The number of rotatable bonds is 6. The average Bonchev–Trinajstić information content (AvgIpc) is 3.55. The Bertz CT molecular complexity index is 1550. The highest BCUT2D eigenvalue weighted by Crippen LogP contribution is 2.31. The molecule has 7 nitrogen and oxygen atoms in total. The highest BCUT2D eigenvalue weighted by atomic mass is 32.1. The molecule has 0 bridgehead atoms. The maximum atomic E-state index is 13.9.